The van der Waals surface area contributed by atoms with Gasteiger partial charge in [-0.15, -0.1) is 0 Å². The van der Waals surface area contributed by atoms with Crippen LogP contribution in [0.15, 0.2) is 43.7 Å². The molecule has 2 aromatic heterocycles. The lowest BCUT2D eigenvalue weighted by molar-refractivity contribution is -0.145. The van der Waals surface area contributed by atoms with E-state index in [-0.39, 0.29) is 35.9 Å². The zero-order chi connectivity index (χ0) is 20.3. The van der Waals surface area contributed by atoms with Gasteiger partial charge in [0.05, 0.1) is 6.42 Å². The van der Waals surface area contributed by atoms with E-state index in [0.29, 0.717) is 16.6 Å². The number of ether oxygens (including phenoxy) is 1. The lowest BCUT2D eigenvalue weighted by Gasteiger charge is -2.09. The number of esters is 1. The van der Waals surface area contributed by atoms with E-state index in [1.165, 1.54) is 23.6 Å². The summed E-state index contributed by atoms with van der Waals surface area (Å²) in [6.45, 7) is 3.32. The maximum Gasteiger partial charge on any atom is 0.336 e. The van der Waals surface area contributed by atoms with E-state index in [0.717, 1.165) is 17.0 Å². The van der Waals surface area contributed by atoms with Crippen LogP contribution in [0.3, 0.4) is 0 Å². The lowest BCUT2D eigenvalue weighted by Crippen LogP contribution is -2.18. The fraction of sp³-hybridized carbons (Fsp3) is 0.263. The van der Waals surface area contributed by atoms with Gasteiger partial charge in [-0.3, -0.25) is 14.4 Å². The Bertz CT molecular complexity index is 1160. The number of nitrogens with zero attached hydrogens (tertiary/aromatic N) is 1. The molecular formula is C19H18N2O6S. The summed E-state index contributed by atoms with van der Waals surface area (Å²) in [5.41, 5.74) is 1.49. The normalized spacial score (nSPS) is 10.8. The van der Waals surface area contributed by atoms with Crippen molar-refractivity contribution in [2.45, 2.75) is 33.4 Å². The zero-order valence-electron chi connectivity index (χ0n) is 15.3. The van der Waals surface area contributed by atoms with Crippen LogP contribution in [0.5, 0.6) is 0 Å². The number of aryl methyl sites for hydroxylation is 1. The molecule has 1 amide bonds. The topological polar surface area (TPSA) is 108 Å². The third-order valence-electron chi connectivity index (χ3n) is 4.06. The standard InChI is InChI=1S/C19H18N2O6S/c1-11-10-28-19(25)21(11)6-5-17(23)26-9-13-7-18(24)27-16-8-14(20-12(2)22)3-4-15(13)16/h3-4,7-8,10H,5-6,9H2,1-2H3,(H,20,22). The molecule has 3 aromatic rings. The minimum Gasteiger partial charge on any atom is -0.461 e. The summed E-state index contributed by atoms with van der Waals surface area (Å²) in [5.74, 6) is -0.722. The van der Waals surface area contributed by atoms with Crippen LogP contribution in [0.25, 0.3) is 11.0 Å². The summed E-state index contributed by atoms with van der Waals surface area (Å²) < 4.78 is 11.9. The quantitative estimate of drug-likeness (QED) is 0.501. The SMILES string of the molecule is CC(=O)Nc1ccc2c(COC(=O)CCn3c(C)csc3=O)cc(=O)oc2c1. The van der Waals surface area contributed by atoms with Gasteiger partial charge in [0.25, 0.3) is 0 Å². The van der Waals surface area contributed by atoms with Crippen molar-refractivity contribution < 1.29 is 18.7 Å². The zero-order valence-corrected chi connectivity index (χ0v) is 16.1. The van der Waals surface area contributed by atoms with Gasteiger partial charge >= 0.3 is 16.5 Å². The number of nitrogens with one attached hydrogen (secondary N) is 1. The second-order valence-electron chi connectivity index (χ2n) is 6.19. The van der Waals surface area contributed by atoms with Crippen LogP contribution in [0.1, 0.15) is 24.6 Å². The molecule has 0 saturated carbocycles. The van der Waals surface area contributed by atoms with Gasteiger partial charge in [0, 0.05) is 53.3 Å². The number of fused-ring (bicyclic) bond motifs is 1. The van der Waals surface area contributed by atoms with Crippen molar-refractivity contribution in [1.82, 2.24) is 4.57 Å². The highest BCUT2D eigenvalue weighted by Gasteiger charge is 2.11. The Hall–Kier alpha value is -3.20. The molecule has 0 fully saturated rings. The number of carbonyl (C=O) groups excluding carboxylic acids is 2. The van der Waals surface area contributed by atoms with E-state index in [1.807, 2.05) is 0 Å². The number of aromatic nitrogens is 1. The molecule has 2 heterocycles. The average Bonchev–Trinajstić information content (AvgIpc) is 2.95. The molecule has 0 radical (unpaired) electrons. The first-order valence-corrected chi connectivity index (χ1v) is 9.36. The van der Waals surface area contributed by atoms with Crippen LogP contribution < -0.4 is 15.8 Å². The van der Waals surface area contributed by atoms with Crippen molar-refractivity contribution in [2.75, 3.05) is 5.32 Å². The first-order chi connectivity index (χ1) is 13.3. The number of rotatable bonds is 6. The third kappa shape index (κ3) is 4.55. The highest BCUT2D eigenvalue weighted by atomic mass is 32.1. The monoisotopic (exact) mass is 402 g/mol. The highest BCUT2D eigenvalue weighted by Crippen LogP contribution is 2.22. The molecule has 0 aliphatic rings. The van der Waals surface area contributed by atoms with Gasteiger partial charge in [0.1, 0.15) is 12.2 Å². The molecule has 0 unspecified atom stereocenters. The van der Waals surface area contributed by atoms with E-state index in [4.69, 9.17) is 9.15 Å². The molecule has 0 atom stereocenters. The number of carbonyl (C=O) groups is 2. The van der Waals surface area contributed by atoms with Gasteiger partial charge in [0.2, 0.25) is 5.91 Å². The van der Waals surface area contributed by atoms with Crippen molar-refractivity contribution in [2.24, 2.45) is 0 Å². The van der Waals surface area contributed by atoms with Crippen LogP contribution in [0.2, 0.25) is 0 Å². The Kier molecular flexibility index (Phi) is 5.74. The van der Waals surface area contributed by atoms with E-state index >= 15 is 0 Å². The molecule has 0 bridgehead atoms. The molecule has 146 valence electrons. The summed E-state index contributed by atoms with van der Waals surface area (Å²) in [7, 11) is 0. The smallest absolute Gasteiger partial charge is 0.336 e. The molecule has 8 nitrogen and oxygen atoms in total. The van der Waals surface area contributed by atoms with Crippen LogP contribution in [-0.4, -0.2) is 16.4 Å². The van der Waals surface area contributed by atoms with Gasteiger partial charge in [-0.2, -0.15) is 0 Å². The van der Waals surface area contributed by atoms with Gasteiger partial charge in [-0.1, -0.05) is 11.3 Å². The molecule has 1 aromatic carbocycles. The number of anilines is 1. The van der Waals surface area contributed by atoms with Crippen LogP contribution in [-0.2, 0) is 27.5 Å². The van der Waals surface area contributed by atoms with Crippen molar-refractivity contribution in [3.8, 4) is 0 Å². The second kappa shape index (κ2) is 8.22. The molecular weight excluding hydrogens is 384 g/mol. The largest absolute Gasteiger partial charge is 0.461 e. The van der Waals surface area contributed by atoms with Gasteiger partial charge < -0.3 is 19.0 Å². The summed E-state index contributed by atoms with van der Waals surface area (Å²) in [4.78, 5) is 46.6. The molecule has 9 heteroatoms. The molecule has 3 rings (SSSR count). The van der Waals surface area contributed by atoms with Crippen molar-refractivity contribution in [3.63, 3.8) is 0 Å². The molecule has 1 N–H and O–H groups in total. The Balaban J connectivity index is 1.71. The predicted octanol–water partition coefficient (Wildman–Crippen LogP) is 2.42. The van der Waals surface area contributed by atoms with E-state index < -0.39 is 11.6 Å². The van der Waals surface area contributed by atoms with Crippen LogP contribution in [0.4, 0.5) is 5.69 Å². The van der Waals surface area contributed by atoms with Gasteiger partial charge in [-0.25, -0.2) is 4.79 Å². The Labute approximate surface area is 163 Å². The third-order valence-corrected chi connectivity index (χ3v) is 4.94. The van der Waals surface area contributed by atoms with Gasteiger partial charge in [-0.05, 0) is 19.1 Å². The fourth-order valence-electron chi connectivity index (χ4n) is 2.74. The van der Waals surface area contributed by atoms with Crippen LogP contribution >= 0.6 is 11.3 Å². The van der Waals surface area contributed by atoms with E-state index in [9.17, 15) is 19.2 Å². The fourth-order valence-corrected chi connectivity index (χ4v) is 3.50. The van der Waals surface area contributed by atoms with Gasteiger partial charge in [0.15, 0.2) is 0 Å². The Morgan fingerprint density at radius 3 is 2.71 bits per heavy atom. The number of hydrogen-bond donors (Lipinski definition) is 1. The molecule has 0 saturated heterocycles. The lowest BCUT2D eigenvalue weighted by atomic mass is 10.1. The van der Waals surface area contributed by atoms with Crippen molar-refractivity contribution in [1.29, 1.82) is 0 Å². The number of amides is 1. The second-order valence-corrected chi connectivity index (χ2v) is 7.01. The Morgan fingerprint density at radius 2 is 2.04 bits per heavy atom. The average molecular weight is 402 g/mol. The summed E-state index contributed by atoms with van der Waals surface area (Å²) in [6, 6.07) is 6.15. The summed E-state index contributed by atoms with van der Waals surface area (Å²) in [5, 5.41) is 4.95. The first kappa shape index (κ1) is 19.6. The van der Waals surface area contributed by atoms with Crippen molar-refractivity contribution in [3.05, 3.63) is 61.0 Å². The number of benzene rings is 1. The maximum atomic E-state index is 12.0. The molecule has 0 spiro atoms. The minimum atomic E-state index is -0.584. The highest BCUT2D eigenvalue weighted by molar-refractivity contribution is 7.07. The van der Waals surface area contributed by atoms with E-state index in [2.05, 4.69) is 5.32 Å². The summed E-state index contributed by atoms with van der Waals surface area (Å²) >= 11 is 1.08. The molecule has 0 aliphatic heterocycles. The molecule has 28 heavy (non-hydrogen) atoms. The maximum absolute atomic E-state index is 12.0. The van der Waals surface area contributed by atoms with Crippen LogP contribution in [0, 0.1) is 6.92 Å². The predicted molar refractivity (Wildman–Crippen MR) is 105 cm³/mol. The Morgan fingerprint density at radius 1 is 1.25 bits per heavy atom. The number of thiazole rings is 1. The van der Waals surface area contributed by atoms with E-state index in [1.54, 1.807) is 24.4 Å². The molecule has 0 aliphatic carbocycles. The van der Waals surface area contributed by atoms with Crippen molar-refractivity contribution >= 4 is 39.9 Å². The minimum absolute atomic E-state index is 0.0452. The number of hydrogen-bond acceptors (Lipinski definition) is 7. The first-order valence-electron chi connectivity index (χ1n) is 8.48. The summed E-state index contributed by atoms with van der Waals surface area (Å²) in [6.07, 6.45) is 0.0452.